The molecule has 2 fully saturated rings. The Bertz CT molecular complexity index is 523. The Morgan fingerprint density at radius 3 is 1.64 bits per heavy atom. The number of aliphatic hydroxyl groups is 7. The van der Waals surface area contributed by atoms with Crippen molar-refractivity contribution >= 4 is 0 Å². The maximum absolute atomic E-state index is 10.2. The molecule has 0 spiro atoms. The molecule has 0 radical (unpaired) electrons. The SMILES string of the molecule is CCCCCCCCCCO[C@@H]1O[C@H](CO[C@@H]2O[C@H](CO)[C@@H](O)[C@H](O)[C@H]2O)[C@@H](O)[C@H](O)[C@H]1O. The third kappa shape index (κ3) is 8.32. The summed E-state index contributed by atoms with van der Waals surface area (Å²) < 4.78 is 21.8. The summed E-state index contributed by atoms with van der Waals surface area (Å²) in [5, 5.41) is 69.6. The van der Waals surface area contributed by atoms with Gasteiger partial charge in [0, 0.05) is 6.61 Å². The van der Waals surface area contributed by atoms with Gasteiger partial charge in [-0.2, -0.15) is 0 Å². The van der Waals surface area contributed by atoms with Crippen LogP contribution in [0.3, 0.4) is 0 Å². The van der Waals surface area contributed by atoms with E-state index in [1.54, 1.807) is 0 Å². The topological polar surface area (TPSA) is 179 Å². The van der Waals surface area contributed by atoms with Gasteiger partial charge in [0.25, 0.3) is 0 Å². The predicted octanol–water partition coefficient (Wildman–Crippen LogP) is -1.23. The minimum Gasteiger partial charge on any atom is -0.394 e. The first-order chi connectivity index (χ1) is 15.8. The molecule has 0 bridgehead atoms. The highest BCUT2D eigenvalue weighted by molar-refractivity contribution is 4.91. The summed E-state index contributed by atoms with van der Waals surface area (Å²) in [5.41, 5.74) is 0. The van der Waals surface area contributed by atoms with Crippen LogP contribution in [0.15, 0.2) is 0 Å². The Hall–Kier alpha value is -0.440. The van der Waals surface area contributed by atoms with Gasteiger partial charge in [0.2, 0.25) is 0 Å². The van der Waals surface area contributed by atoms with Crippen LogP contribution in [0.25, 0.3) is 0 Å². The second-order valence-electron chi connectivity index (χ2n) is 8.89. The van der Waals surface area contributed by atoms with Crippen LogP contribution in [-0.2, 0) is 18.9 Å². The molecule has 10 atom stereocenters. The van der Waals surface area contributed by atoms with Crippen molar-refractivity contribution in [2.45, 2.75) is 120 Å². The number of ether oxygens (including phenoxy) is 4. The first-order valence-electron chi connectivity index (χ1n) is 12.0. The van der Waals surface area contributed by atoms with Crippen molar-refractivity contribution in [3.8, 4) is 0 Å². The zero-order valence-corrected chi connectivity index (χ0v) is 19.3. The first-order valence-corrected chi connectivity index (χ1v) is 12.0. The van der Waals surface area contributed by atoms with E-state index in [2.05, 4.69) is 6.92 Å². The van der Waals surface area contributed by atoms with Crippen molar-refractivity contribution in [2.75, 3.05) is 19.8 Å². The summed E-state index contributed by atoms with van der Waals surface area (Å²) in [6.07, 6.45) is -5.07. The second kappa shape index (κ2) is 14.8. The quantitative estimate of drug-likeness (QED) is 0.147. The van der Waals surface area contributed by atoms with E-state index in [0.717, 1.165) is 19.3 Å². The van der Waals surface area contributed by atoms with E-state index >= 15 is 0 Å². The molecule has 0 aromatic rings. The van der Waals surface area contributed by atoms with Crippen molar-refractivity contribution in [3.05, 3.63) is 0 Å². The van der Waals surface area contributed by atoms with Crippen molar-refractivity contribution in [1.29, 1.82) is 0 Å². The van der Waals surface area contributed by atoms with E-state index in [4.69, 9.17) is 18.9 Å². The van der Waals surface area contributed by atoms with Gasteiger partial charge in [-0.15, -0.1) is 0 Å². The smallest absolute Gasteiger partial charge is 0.186 e. The minimum atomic E-state index is -1.60. The lowest BCUT2D eigenvalue weighted by atomic mass is 9.98. The fourth-order valence-electron chi connectivity index (χ4n) is 4.02. The average Bonchev–Trinajstić information content (AvgIpc) is 2.81. The maximum Gasteiger partial charge on any atom is 0.186 e. The van der Waals surface area contributed by atoms with Gasteiger partial charge >= 0.3 is 0 Å². The number of rotatable bonds is 14. The summed E-state index contributed by atoms with van der Waals surface area (Å²) >= 11 is 0. The zero-order valence-electron chi connectivity index (χ0n) is 19.3. The molecule has 0 unspecified atom stereocenters. The lowest BCUT2D eigenvalue weighted by Crippen LogP contribution is -2.61. The van der Waals surface area contributed by atoms with Gasteiger partial charge in [0.05, 0.1) is 13.2 Å². The van der Waals surface area contributed by atoms with Gasteiger partial charge in [-0.3, -0.25) is 0 Å². The molecule has 2 rings (SSSR count). The third-order valence-electron chi connectivity index (χ3n) is 6.22. The Morgan fingerprint density at radius 1 is 0.576 bits per heavy atom. The van der Waals surface area contributed by atoms with Crippen LogP contribution in [0.5, 0.6) is 0 Å². The molecule has 7 N–H and O–H groups in total. The fraction of sp³-hybridized carbons (Fsp3) is 1.00. The van der Waals surface area contributed by atoms with Crippen molar-refractivity contribution < 1.29 is 54.7 Å². The van der Waals surface area contributed by atoms with Gasteiger partial charge in [-0.1, -0.05) is 51.9 Å². The lowest BCUT2D eigenvalue weighted by Gasteiger charge is -2.42. The molecule has 0 aromatic heterocycles. The molecule has 2 saturated heterocycles. The standard InChI is InChI=1S/C22H42O11/c1-2-3-4-5-6-7-8-9-10-30-21-19(28)18(27)16(25)14(33-21)12-31-22-20(29)17(26)15(24)13(11-23)32-22/h13-29H,2-12H2,1H3/t13-,14-,15-,16-,17+,18+,19-,20-,21-,22-/m1/s1. The fourth-order valence-corrected chi connectivity index (χ4v) is 4.02. The summed E-state index contributed by atoms with van der Waals surface area (Å²) in [6.45, 7) is 1.53. The normalized spacial score (nSPS) is 39.6. The van der Waals surface area contributed by atoms with Gasteiger partial charge in [-0.05, 0) is 6.42 Å². The lowest BCUT2D eigenvalue weighted by molar-refractivity contribution is -0.331. The van der Waals surface area contributed by atoms with Gasteiger partial charge in [0.1, 0.15) is 48.8 Å². The predicted molar refractivity (Wildman–Crippen MR) is 115 cm³/mol. The second-order valence-corrected chi connectivity index (χ2v) is 8.89. The van der Waals surface area contributed by atoms with E-state index < -0.39 is 68.0 Å². The Kier molecular flexibility index (Phi) is 13.0. The van der Waals surface area contributed by atoms with Crippen molar-refractivity contribution in [2.24, 2.45) is 0 Å². The molecule has 2 aliphatic heterocycles. The molecular weight excluding hydrogens is 440 g/mol. The van der Waals surface area contributed by atoms with Crippen LogP contribution in [0.2, 0.25) is 0 Å². The average molecular weight is 483 g/mol. The van der Waals surface area contributed by atoms with Crippen LogP contribution >= 0.6 is 0 Å². The molecule has 11 nitrogen and oxygen atoms in total. The highest BCUT2D eigenvalue weighted by Gasteiger charge is 2.47. The van der Waals surface area contributed by atoms with Gasteiger partial charge < -0.3 is 54.7 Å². The summed E-state index contributed by atoms with van der Waals surface area (Å²) in [7, 11) is 0. The van der Waals surface area contributed by atoms with E-state index in [1.165, 1.54) is 32.1 Å². The summed E-state index contributed by atoms with van der Waals surface area (Å²) in [5.74, 6) is 0. The van der Waals surface area contributed by atoms with Crippen LogP contribution < -0.4 is 0 Å². The number of aliphatic hydroxyl groups excluding tert-OH is 7. The molecule has 0 aromatic carbocycles. The third-order valence-corrected chi connectivity index (χ3v) is 6.22. The van der Waals surface area contributed by atoms with E-state index in [1.807, 2.05) is 0 Å². The van der Waals surface area contributed by atoms with Crippen LogP contribution in [0.1, 0.15) is 58.3 Å². The molecule has 196 valence electrons. The molecule has 0 amide bonds. The van der Waals surface area contributed by atoms with E-state index in [9.17, 15) is 35.7 Å². The van der Waals surface area contributed by atoms with Crippen molar-refractivity contribution in [3.63, 3.8) is 0 Å². The van der Waals surface area contributed by atoms with Crippen molar-refractivity contribution in [1.82, 2.24) is 0 Å². The zero-order chi connectivity index (χ0) is 24.4. The highest BCUT2D eigenvalue weighted by Crippen LogP contribution is 2.26. The van der Waals surface area contributed by atoms with Crippen LogP contribution in [0.4, 0.5) is 0 Å². The number of hydrogen-bond donors (Lipinski definition) is 7. The van der Waals surface area contributed by atoms with E-state index in [-0.39, 0.29) is 6.61 Å². The Morgan fingerprint density at radius 2 is 1.06 bits per heavy atom. The summed E-state index contributed by atoms with van der Waals surface area (Å²) in [4.78, 5) is 0. The largest absolute Gasteiger partial charge is 0.394 e. The Balaban J connectivity index is 1.76. The minimum absolute atomic E-state index is 0.319. The molecule has 11 heteroatoms. The monoisotopic (exact) mass is 482 g/mol. The van der Waals surface area contributed by atoms with E-state index in [0.29, 0.717) is 6.61 Å². The maximum atomic E-state index is 10.2. The molecule has 0 aliphatic carbocycles. The van der Waals surface area contributed by atoms with Crippen LogP contribution in [0, 0.1) is 0 Å². The number of unbranched alkanes of at least 4 members (excludes halogenated alkanes) is 7. The van der Waals surface area contributed by atoms with Gasteiger partial charge in [-0.25, -0.2) is 0 Å². The molecule has 2 aliphatic rings. The molecule has 33 heavy (non-hydrogen) atoms. The Labute approximate surface area is 194 Å². The molecular formula is C22H42O11. The molecule has 2 heterocycles. The van der Waals surface area contributed by atoms with Gasteiger partial charge in [0.15, 0.2) is 12.6 Å². The highest BCUT2D eigenvalue weighted by atomic mass is 16.7. The summed E-state index contributed by atoms with van der Waals surface area (Å²) in [6, 6.07) is 0. The van der Waals surface area contributed by atoms with Crippen LogP contribution in [-0.4, -0.2) is 117 Å². The first kappa shape index (κ1) is 28.8. The number of hydrogen-bond acceptors (Lipinski definition) is 11. The molecule has 0 saturated carbocycles.